The molecule has 1 spiro atoms. The third-order valence-corrected chi connectivity index (χ3v) is 5.20. The largest absolute Gasteiger partial charge is 0.494 e. The molecule has 2 saturated carbocycles. The number of rotatable bonds is 3. The fourth-order valence-corrected chi connectivity index (χ4v) is 4.27. The quantitative estimate of drug-likeness (QED) is 0.804. The zero-order chi connectivity index (χ0) is 14.1. The van der Waals surface area contributed by atoms with Gasteiger partial charge in [-0.2, -0.15) is 5.26 Å². The average molecular weight is 269 g/mol. The minimum absolute atomic E-state index is 0.234. The molecule has 0 aromatic heterocycles. The Bertz CT molecular complexity index is 497. The normalized spacial score (nSPS) is 22.8. The van der Waals surface area contributed by atoms with E-state index in [-0.39, 0.29) is 5.41 Å². The Morgan fingerprint density at radius 1 is 1.10 bits per heavy atom. The molecule has 20 heavy (non-hydrogen) atoms. The summed E-state index contributed by atoms with van der Waals surface area (Å²) in [4.78, 5) is 0. The molecule has 0 radical (unpaired) electrons. The second-order valence-electron chi connectivity index (χ2n) is 6.57. The first-order valence-electron chi connectivity index (χ1n) is 7.87. The van der Waals surface area contributed by atoms with Crippen LogP contribution in [0.5, 0.6) is 5.75 Å². The van der Waals surface area contributed by atoms with Gasteiger partial charge in [-0.3, -0.25) is 0 Å². The van der Waals surface area contributed by atoms with Crippen molar-refractivity contribution in [3.63, 3.8) is 0 Å². The van der Waals surface area contributed by atoms with Crippen LogP contribution in [0.4, 0.5) is 0 Å². The van der Waals surface area contributed by atoms with Crippen molar-refractivity contribution in [1.82, 2.24) is 0 Å². The van der Waals surface area contributed by atoms with E-state index in [0.717, 1.165) is 18.6 Å². The Morgan fingerprint density at radius 2 is 1.75 bits per heavy atom. The van der Waals surface area contributed by atoms with E-state index >= 15 is 0 Å². The standard InChI is InChI=1S/C18H23NO/c1-2-20-16-8-6-15(7-9-16)18(14-19)12-17(13-18)10-4-3-5-11-17/h6-9H,2-5,10-13H2,1H3. The van der Waals surface area contributed by atoms with Crippen molar-refractivity contribution in [2.24, 2.45) is 5.41 Å². The maximum atomic E-state index is 9.70. The number of hydrogen-bond donors (Lipinski definition) is 0. The Labute approximate surface area is 121 Å². The molecule has 0 aliphatic heterocycles. The Balaban J connectivity index is 1.76. The summed E-state index contributed by atoms with van der Waals surface area (Å²) >= 11 is 0. The highest BCUT2D eigenvalue weighted by atomic mass is 16.5. The Morgan fingerprint density at radius 3 is 2.30 bits per heavy atom. The monoisotopic (exact) mass is 269 g/mol. The van der Waals surface area contributed by atoms with Crippen LogP contribution in [0.3, 0.4) is 0 Å². The molecule has 0 bridgehead atoms. The number of nitrogens with zero attached hydrogens (tertiary/aromatic N) is 1. The van der Waals surface area contributed by atoms with Gasteiger partial charge in [-0.1, -0.05) is 31.4 Å². The third-order valence-electron chi connectivity index (χ3n) is 5.20. The van der Waals surface area contributed by atoms with Crippen LogP contribution in [0, 0.1) is 16.7 Å². The SMILES string of the molecule is CCOc1ccc(C2(C#N)CC3(CCCCC3)C2)cc1. The van der Waals surface area contributed by atoms with Gasteiger partial charge in [0, 0.05) is 0 Å². The zero-order valence-electron chi connectivity index (χ0n) is 12.3. The molecule has 3 rings (SSSR count). The Hall–Kier alpha value is -1.49. The summed E-state index contributed by atoms with van der Waals surface area (Å²) in [7, 11) is 0. The second-order valence-corrected chi connectivity index (χ2v) is 6.57. The number of hydrogen-bond acceptors (Lipinski definition) is 2. The second kappa shape index (κ2) is 5.13. The van der Waals surface area contributed by atoms with Gasteiger partial charge in [0.2, 0.25) is 0 Å². The van der Waals surface area contributed by atoms with E-state index in [0.29, 0.717) is 12.0 Å². The molecule has 2 heteroatoms. The van der Waals surface area contributed by atoms with Crippen LogP contribution in [-0.2, 0) is 5.41 Å². The van der Waals surface area contributed by atoms with Gasteiger partial charge in [0.1, 0.15) is 5.75 Å². The van der Waals surface area contributed by atoms with Crippen molar-refractivity contribution in [1.29, 1.82) is 5.26 Å². The van der Waals surface area contributed by atoms with Gasteiger partial charge in [-0.05, 0) is 55.7 Å². The van der Waals surface area contributed by atoms with Crippen molar-refractivity contribution in [3.8, 4) is 11.8 Å². The van der Waals surface area contributed by atoms with Crippen LogP contribution in [0.1, 0.15) is 57.4 Å². The molecule has 0 N–H and O–H groups in total. The molecule has 2 aliphatic rings. The first-order chi connectivity index (χ1) is 9.72. The lowest BCUT2D eigenvalue weighted by molar-refractivity contribution is 0.0168. The van der Waals surface area contributed by atoms with Gasteiger partial charge in [0.15, 0.2) is 0 Å². The highest BCUT2D eigenvalue weighted by Crippen LogP contribution is 2.61. The smallest absolute Gasteiger partial charge is 0.119 e. The lowest BCUT2D eigenvalue weighted by Gasteiger charge is -2.55. The zero-order valence-corrected chi connectivity index (χ0v) is 12.3. The highest BCUT2D eigenvalue weighted by molar-refractivity contribution is 5.40. The highest BCUT2D eigenvalue weighted by Gasteiger charge is 2.55. The summed E-state index contributed by atoms with van der Waals surface area (Å²) in [6, 6.07) is 10.8. The summed E-state index contributed by atoms with van der Waals surface area (Å²) < 4.78 is 5.49. The van der Waals surface area contributed by atoms with Gasteiger partial charge >= 0.3 is 0 Å². The summed E-state index contributed by atoms with van der Waals surface area (Å²) in [5.74, 6) is 0.899. The van der Waals surface area contributed by atoms with Gasteiger partial charge in [0.25, 0.3) is 0 Å². The first kappa shape index (κ1) is 13.5. The molecular formula is C18H23NO. The van der Waals surface area contributed by atoms with Crippen molar-refractivity contribution in [2.75, 3.05) is 6.61 Å². The lowest BCUT2D eigenvalue weighted by atomic mass is 9.47. The summed E-state index contributed by atoms with van der Waals surface area (Å²) in [5, 5.41) is 9.70. The van der Waals surface area contributed by atoms with Crippen molar-refractivity contribution in [3.05, 3.63) is 29.8 Å². The maximum Gasteiger partial charge on any atom is 0.119 e. The third kappa shape index (κ3) is 2.20. The van der Waals surface area contributed by atoms with E-state index in [1.807, 2.05) is 19.1 Å². The molecule has 0 saturated heterocycles. The molecule has 0 amide bonds. The van der Waals surface area contributed by atoms with E-state index in [2.05, 4.69) is 18.2 Å². The van der Waals surface area contributed by atoms with E-state index in [1.54, 1.807) is 0 Å². The topological polar surface area (TPSA) is 33.0 Å². The van der Waals surface area contributed by atoms with Crippen LogP contribution in [-0.4, -0.2) is 6.61 Å². The summed E-state index contributed by atoms with van der Waals surface area (Å²) in [6.45, 7) is 2.68. The molecule has 0 heterocycles. The fraction of sp³-hybridized carbons (Fsp3) is 0.611. The molecular weight excluding hydrogens is 246 g/mol. The molecule has 106 valence electrons. The van der Waals surface area contributed by atoms with E-state index < -0.39 is 0 Å². The maximum absolute atomic E-state index is 9.70. The fourth-order valence-electron chi connectivity index (χ4n) is 4.27. The molecule has 2 fully saturated rings. The summed E-state index contributed by atoms with van der Waals surface area (Å²) in [6.07, 6.45) is 8.86. The predicted octanol–water partition coefficient (Wildman–Crippen LogP) is 4.59. The molecule has 2 nitrogen and oxygen atoms in total. The van der Waals surface area contributed by atoms with Crippen LogP contribution in [0.25, 0.3) is 0 Å². The minimum Gasteiger partial charge on any atom is -0.494 e. The minimum atomic E-state index is -0.234. The van der Waals surface area contributed by atoms with Crippen molar-refractivity contribution in [2.45, 2.75) is 57.3 Å². The van der Waals surface area contributed by atoms with Gasteiger partial charge < -0.3 is 4.74 Å². The molecule has 2 aliphatic carbocycles. The van der Waals surface area contributed by atoms with Gasteiger partial charge in [-0.25, -0.2) is 0 Å². The summed E-state index contributed by atoms with van der Waals surface area (Å²) in [5.41, 5.74) is 1.42. The van der Waals surface area contributed by atoms with E-state index in [1.165, 1.54) is 37.7 Å². The van der Waals surface area contributed by atoms with E-state index in [9.17, 15) is 5.26 Å². The molecule has 1 aromatic rings. The van der Waals surface area contributed by atoms with Crippen LogP contribution in [0.15, 0.2) is 24.3 Å². The number of benzene rings is 1. The van der Waals surface area contributed by atoms with E-state index in [4.69, 9.17) is 4.74 Å². The number of nitriles is 1. The van der Waals surface area contributed by atoms with Crippen molar-refractivity contribution < 1.29 is 4.74 Å². The van der Waals surface area contributed by atoms with Gasteiger partial charge in [-0.15, -0.1) is 0 Å². The van der Waals surface area contributed by atoms with Crippen LogP contribution >= 0.6 is 0 Å². The van der Waals surface area contributed by atoms with Gasteiger partial charge in [0.05, 0.1) is 18.1 Å². The number of ether oxygens (including phenoxy) is 1. The van der Waals surface area contributed by atoms with Crippen LogP contribution < -0.4 is 4.74 Å². The lowest BCUT2D eigenvalue weighted by Crippen LogP contribution is -2.49. The molecule has 0 atom stereocenters. The Kier molecular flexibility index (Phi) is 3.46. The predicted molar refractivity (Wildman–Crippen MR) is 79.7 cm³/mol. The molecule has 0 unspecified atom stereocenters. The molecule has 1 aromatic carbocycles. The van der Waals surface area contributed by atoms with Crippen LogP contribution in [0.2, 0.25) is 0 Å². The average Bonchev–Trinajstić information content (AvgIpc) is 2.46. The van der Waals surface area contributed by atoms with Crippen molar-refractivity contribution >= 4 is 0 Å². The first-order valence-corrected chi connectivity index (χ1v) is 7.87.